The molecule has 3 nitrogen and oxygen atoms in total. The van der Waals surface area contributed by atoms with Crippen LogP contribution in [-0.4, -0.2) is 29.9 Å². The van der Waals surface area contributed by atoms with E-state index in [9.17, 15) is 4.79 Å². The number of hydrogen-bond donors (Lipinski definition) is 1. The summed E-state index contributed by atoms with van der Waals surface area (Å²) in [5.41, 5.74) is 5.91. The molecule has 3 heteroatoms. The Morgan fingerprint density at radius 2 is 1.71 bits per heavy atom. The van der Waals surface area contributed by atoms with Crippen LogP contribution in [0, 0.1) is 16.7 Å². The summed E-state index contributed by atoms with van der Waals surface area (Å²) in [6.45, 7) is 20.3. The zero-order valence-corrected chi connectivity index (χ0v) is 15.2. The van der Waals surface area contributed by atoms with Crippen molar-refractivity contribution in [3.05, 3.63) is 12.7 Å². The van der Waals surface area contributed by atoms with Gasteiger partial charge in [-0.2, -0.15) is 0 Å². The predicted octanol–water partition coefficient (Wildman–Crippen LogP) is 3.84. The zero-order valence-electron chi connectivity index (χ0n) is 15.2. The molecule has 0 aliphatic rings. The number of rotatable bonds is 9. The van der Waals surface area contributed by atoms with Crippen LogP contribution in [0.25, 0.3) is 0 Å². The van der Waals surface area contributed by atoms with E-state index in [1.54, 1.807) is 0 Å². The number of hydrogen-bond acceptors (Lipinski definition) is 2. The van der Waals surface area contributed by atoms with Gasteiger partial charge in [0.05, 0.1) is 0 Å². The van der Waals surface area contributed by atoms with Gasteiger partial charge in [0.15, 0.2) is 0 Å². The lowest BCUT2D eigenvalue weighted by Crippen LogP contribution is -2.53. The van der Waals surface area contributed by atoms with E-state index in [1.807, 2.05) is 11.0 Å². The molecule has 1 unspecified atom stereocenters. The van der Waals surface area contributed by atoms with E-state index < -0.39 is 0 Å². The van der Waals surface area contributed by atoms with E-state index in [0.29, 0.717) is 18.9 Å². The molecule has 0 saturated heterocycles. The van der Waals surface area contributed by atoms with Crippen LogP contribution >= 0.6 is 0 Å². The number of amides is 1. The van der Waals surface area contributed by atoms with Crippen LogP contribution in [0.1, 0.15) is 61.3 Å². The Kier molecular flexibility index (Phi) is 7.66. The highest BCUT2D eigenvalue weighted by atomic mass is 16.2. The van der Waals surface area contributed by atoms with Crippen LogP contribution in [0.5, 0.6) is 0 Å². The summed E-state index contributed by atoms with van der Waals surface area (Å²) in [6.07, 6.45) is 3.07. The third-order valence-electron chi connectivity index (χ3n) is 5.15. The van der Waals surface area contributed by atoms with E-state index in [2.05, 4.69) is 55.0 Å². The van der Waals surface area contributed by atoms with Gasteiger partial charge in [0, 0.05) is 19.0 Å². The van der Waals surface area contributed by atoms with Gasteiger partial charge in [0.25, 0.3) is 0 Å². The molecule has 0 aromatic heterocycles. The monoisotopic (exact) mass is 296 g/mol. The van der Waals surface area contributed by atoms with Crippen molar-refractivity contribution in [1.29, 1.82) is 0 Å². The molecular formula is C18H36N2O. The van der Waals surface area contributed by atoms with Crippen molar-refractivity contribution in [3.8, 4) is 0 Å². The molecule has 0 rings (SSSR count). The number of nitrogens with two attached hydrogens (primary N) is 1. The first-order valence-corrected chi connectivity index (χ1v) is 8.10. The van der Waals surface area contributed by atoms with Gasteiger partial charge in [-0.25, -0.2) is 0 Å². The third kappa shape index (κ3) is 5.82. The lowest BCUT2D eigenvalue weighted by atomic mass is 9.78. The second-order valence-corrected chi connectivity index (χ2v) is 7.86. The number of nitrogens with zero attached hydrogens (tertiary/aromatic N) is 1. The van der Waals surface area contributed by atoms with Crippen molar-refractivity contribution < 1.29 is 4.79 Å². The molecule has 0 aromatic carbocycles. The van der Waals surface area contributed by atoms with E-state index >= 15 is 0 Å². The summed E-state index contributed by atoms with van der Waals surface area (Å²) in [4.78, 5) is 14.7. The first kappa shape index (κ1) is 20.2. The molecule has 1 amide bonds. The van der Waals surface area contributed by atoms with E-state index in [0.717, 1.165) is 13.0 Å². The number of carbonyl (C=O) groups is 1. The highest BCUT2D eigenvalue weighted by Crippen LogP contribution is 2.32. The summed E-state index contributed by atoms with van der Waals surface area (Å²) < 4.78 is 0. The molecule has 21 heavy (non-hydrogen) atoms. The molecule has 0 saturated carbocycles. The molecule has 124 valence electrons. The first-order valence-electron chi connectivity index (χ1n) is 8.10. The Balaban J connectivity index is 5.28. The number of carbonyl (C=O) groups excluding carboxylic acids is 1. The van der Waals surface area contributed by atoms with Crippen LogP contribution in [-0.2, 0) is 4.79 Å². The van der Waals surface area contributed by atoms with Gasteiger partial charge in [-0.3, -0.25) is 4.79 Å². The molecule has 1 atom stereocenters. The largest absolute Gasteiger partial charge is 0.339 e. The molecule has 2 N–H and O–H groups in total. The Hall–Kier alpha value is -0.830. The van der Waals surface area contributed by atoms with Crippen LogP contribution in [0.2, 0.25) is 0 Å². The van der Waals surface area contributed by atoms with Crippen molar-refractivity contribution in [2.75, 3.05) is 13.1 Å². The fourth-order valence-corrected chi connectivity index (χ4v) is 2.02. The molecular weight excluding hydrogens is 260 g/mol. The van der Waals surface area contributed by atoms with Gasteiger partial charge in [-0.05, 0) is 36.6 Å². The highest BCUT2D eigenvalue weighted by Gasteiger charge is 2.36. The standard InChI is InChI=1S/C18H36N2O/c1-9-10-11-16(21)20(13-18(7,8)14(2)3)15(4)17(5,6)12-19/h9,14-15H,1,10-13,19H2,2-8H3. The molecule has 0 bridgehead atoms. The predicted molar refractivity (Wildman–Crippen MR) is 92.1 cm³/mol. The molecule has 0 spiro atoms. The van der Waals surface area contributed by atoms with Crippen LogP contribution in [0.3, 0.4) is 0 Å². The van der Waals surface area contributed by atoms with E-state index in [1.165, 1.54) is 0 Å². The van der Waals surface area contributed by atoms with Gasteiger partial charge in [0.1, 0.15) is 0 Å². The second kappa shape index (κ2) is 7.98. The molecule has 0 heterocycles. The number of allylic oxidation sites excluding steroid dienone is 1. The summed E-state index contributed by atoms with van der Waals surface area (Å²) >= 11 is 0. The zero-order chi connectivity index (χ0) is 16.8. The maximum Gasteiger partial charge on any atom is 0.223 e. The minimum atomic E-state index is -0.0864. The van der Waals surface area contributed by atoms with Crippen LogP contribution in [0.15, 0.2) is 12.7 Å². The van der Waals surface area contributed by atoms with Crippen LogP contribution in [0.4, 0.5) is 0 Å². The molecule has 0 radical (unpaired) electrons. The minimum absolute atomic E-state index is 0.0861. The fraction of sp³-hybridized carbons (Fsp3) is 0.833. The summed E-state index contributed by atoms with van der Waals surface area (Å²) in [5, 5.41) is 0. The van der Waals surface area contributed by atoms with Crippen molar-refractivity contribution in [2.24, 2.45) is 22.5 Å². The molecule has 0 aliphatic heterocycles. The minimum Gasteiger partial charge on any atom is -0.339 e. The maximum absolute atomic E-state index is 12.6. The molecule has 0 aliphatic carbocycles. The Bertz CT molecular complexity index is 345. The van der Waals surface area contributed by atoms with Crippen molar-refractivity contribution in [2.45, 2.75) is 67.3 Å². The van der Waals surface area contributed by atoms with Crippen molar-refractivity contribution in [1.82, 2.24) is 4.90 Å². The van der Waals surface area contributed by atoms with Gasteiger partial charge >= 0.3 is 0 Å². The van der Waals surface area contributed by atoms with Gasteiger partial charge in [-0.15, -0.1) is 6.58 Å². The average Bonchev–Trinajstić information content (AvgIpc) is 2.41. The van der Waals surface area contributed by atoms with Crippen LogP contribution < -0.4 is 5.73 Å². The summed E-state index contributed by atoms with van der Waals surface area (Å²) in [7, 11) is 0. The van der Waals surface area contributed by atoms with Gasteiger partial charge in [-0.1, -0.05) is 47.6 Å². The topological polar surface area (TPSA) is 46.3 Å². The quantitative estimate of drug-likeness (QED) is 0.657. The second-order valence-electron chi connectivity index (χ2n) is 7.86. The van der Waals surface area contributed by atoms with E-state index in [4.69, 9.17) is 5.73 Å². The Labute approximate surface area is 132 Å². The van der Waals surface area contributed by atoms with Gasteiger partial charge in [0.2, 0.25) is 5.91 Å². The van der Waals surface area contributed by atoms with Crippen molar-refractivity contribution in [3.63, 3.8) is 0 Å². The lowest BCUT2D eigenvalue weighted by molar-refractivity contribution is -0.137. The Morgan fingerprint density at radius 1 is 1.19 bits per heavy atom. The third-order valence-corrected chi connectivity index (χ3v) is 5.15. The maximum atomic E-state index is 12.6. The normalized spacial score (nSPS) is 14.1. The Morgan fingerprint density at radius 3 is 2.10 bits per heavy atom. The summed E-state index contributed by atoms with van der Waals surface area (Å²) in [6, 6.07) is 0.123. The highest BCUT2D eigenvalue weighted by molar-refractivity contribution is 5.76. The van der Waals surface area contributed by atoms with Gasteiger partial charge < -0.3 is 10.6 Å². The smallest absolute Gasteiger partial charge is 0.223 e. The molecule has 0 aromatic rings. The SMILES string of the molecule is C=CCCC(=O)N(CC(C)(C)C(C)C)C(C)C(C)(C)CN. The fourth-order valence-electron chi connectivity index (χ4n) is 2.02. The summed E-state index contributed by atoms with van der Waals surface area (Å²) in [5.74, 6) is 0.720. The first-order chi connectivity index (χ1) is 9.49. The molecule has 0 fully saturated rings. The van der Waals surface area contributed by atoms with Crippen molar-refractivity contribution >= 4 is 5.91 Å². The lowest BCUT2D eigenvalue weighted by Gasteiger charge is -2.44. The van der Waals surface area contributed by atoms with E-state index in [-0.39, 0.29) is 22.8 Å². The average molecular weight is 296 g/mol.